The van der Waals surface area contributed by atoms with Crippen LogP contribution in [0, 0.1) is 5.41 Å². The number of carbonyl (C=O) groups excluding carboxylic acids is 1. The van der Waals surface area contributed by atoms with E-state index >= 15 is 0 Å². The molecule has 1 N–H and O–H groups in total. The van der Waals surface area contributed by atoms with E-state index in [-0.39, 0.29) is 63.2 Å². The largest absolute Gasteiger partial charge is 0.671 e. The van der Waals surface area contributed by atoms with Crippen LogP contribution in [-0.2, 0) is 161 Å². The Morgan fingerprint density at radius 2 is 0.367 bits per heavy atom. The highest BCUT2D eigenvalue weighted by molar-refractivity contribution is 6.84. The van der Waals surface area contributed by atoms with Crippen molar-refractivity contribution in [3.8, 4) is 0 Å². The molecule has 50 heteroatoms. The quantitative estimate of drug-likeness (QED) is 0.0823. The minimum atomic E-state index is -4.75. The smallest absolute Gasteiger partial charge is 0.356 e. The molecular weight excluding hydrogens is 1420 g/mol. The zero-order valence-corrected chi connectivity index (χ0v) is 69.7. The summed E-state index contributed by atoms with van der Waals surface area (Å²) in [6.45, 7) is 1.29. The number of rotatable bonds is 59. The van der Waals surface area contributed by atoms with Gasteiger partial charge in [-0.2, -0.15) is 0 Å². The maximum absolute atomic E-state index is 13.5. The van der Waals surface area contributed by atoms with Crippen LogP contribution in [0.4, 0.5) is 0 Å². The van der Waals surface area contributed by atoms with Crippen LogP contribution >= 0.6 is 0 Å². The Bertz CT molecular complexity index is 1480. The Hall–Kier alpha value is 0.633. The van der Waals surface area contributed by atoms with Crippen molar-refractivity contribution in [2.75, 3.05) is 199 Å². The van der Waals surface area contributed by atoms with Gasteiger partial charge in [-0.1, -0.05) is 0 Å². The third kappa shape index (κ3) is 24.8. The van der Waals surface area contributed by atoms with E-state index in [4.69, 9.17) is 157 Å². The maximum Gasteiger partial charge on any atom is 0.671 e. The Balaban J connectivity index is 9.61. The van der Waals surface area contributed by atoms with E-state index in [9.17, 15) is 4.79 Å². The molecule has 0 aromatic carbocycles. The van der Waals surface area contributed by atoms with Crippen LogP contribution < -0.4 is 5.32 Å². The first-order valence-corrected chi connectivity index (χ1v) is 47.5. The summed E-state index contributed by atoms with van der Waals surface area (Å²) in [5, 5.41) is 3.06. The van der Waals surface area contributed by atoms with Crippen molar-refractivity contribution in [1.29, 1.82) is 0 Å². The van der Waals surface area contributed by atoms with E-state index in [0.717, 1.165) is 0 Å². The van der Waals surface area contributed by atoms with Gasteiger partial charge < -0.3 is 162 Å². The van der Waals surface area contributed by atoms with Gasteiger partial charge in [-0.15, -0.1) is 0 Å². The van der Waals surface area contributed by atoms with Crippen molar-refractivity contribution < 1.29 is 161 Å². The number of nitrogens with one attached hydrogen (secondary N) is 1. The molecule has 540 valence electrons. The second-order valence-electron chi connectivity index (χ2n) is 17.9. The number of amides is 1. The molecule has 0 spiro atoms. The highest BCUT2D eigenvalue weighted by Crippen LogP contribution is 2.44. The van der Waals surface area contributed by atoms with E-state index in [0.29, 0.717) is 0 Å². The molecule has 0 heterocycles. The molecule has 0 fully saturated rings. The van der Waals surface area contributed by atoms with Crippen LogP contribution in [0.3, 0.4) is 0 Å². The maximum atomic E-state index is 13.5. The van der Waals surface area contributed by atoms with E-state index in [2.05, 4.69) is 5.32 Å². The molecule has 0 aliphatic heterocycles. The summed E-state index contributed by atoms with van der Waals surface area (Å²) >= 11 is 0. The number of carbonyl (C=O) groups is 1. The van der Waals surface area contributed by atoms with Gasteiger partial charge in [0.1, 0.15) is 0 Å². The number of hydrogen-bond donors (Lipinski definition) is 1. The second kappa shape index (κ2) is 42.6. The molecule has 0 aliphatic carbocycles. The summed E-state index contributed by atoms with van der Waals surface area (Å²) < 4.78 is 219. The molecule has 1 amide bonds. The Morgan fingerprint density at radius 3 is 0.467 bits per heavy atom. The first kappa shape index (κ1) is 90.6. The first-order chi connectivity index (χ1) is 42.5. The van der Waals surface area contributed by atoms with Gasteiger partial charge in [0.05, 0.1) is 0 Å². The lowest BCUT2D eigenvalue weighted by Crippen LogP contribution is -2.69. The topological polar surface area (TPSA) is 361 Å². The van der Waals surface area contributed by atoms with Crippen molar-refractivity contribution in [1.82, 2.24) is 5.32 Å². The van der Waals surface area contributed by atoms with Gasteiger partial charge in [0.15, 0.2) is 0 Å². The summed E-state index contributed by atoms with van der Waals surface area (Å²) in [5.41, 5.74) is -1.15. The molecule has 0 radical (unpaired) electrons. The monoisotopic (exact) mass is 1530 g/mol. The minimum Gasteiger partial charge on any atom is -0.356 e. The molecule has 0 aromatic rings. The SMILES string of the molecule is CO[Si](OC)(OC)O[Si](CCCC(CCC[Si](O[Si](OC)(OC)OC)(O[Si](OC)(OC)OC)O[Si](OC)(OC)OC)(CCC[Si](O[Si](OC)(OC)OC)(O[Si](OC)(OC)OC)O[Si](OC)(OC)OC)CNC(C)=O)(O[Si](OC)(OC)OC)O[Si](OC)(OC)OC. The van der Waals surface area contributed by atoms with Gasteiger partial charge in [-0.25, -0.2) is 0 Å². The minimum absolute atomic E-state index is 0.0507. The molecule has 0 aliphatic rings. The summed E-state index contributed by atoms with van der Waals surface area (Å²) in [4.78, 5) is 13.5. The van der Waals surface area contributed by atoms with E-state index in [1.165, 1.54) is 199 Å². The van der Waals surface area contributed by atoms with Crippen molar-refractivity contribution in [3.05, 3.63) is 0 Å². The standard InChI is InChI=1S/C40H105NO37Si12/c1-39(42)41-38-40(32-29-35-79(70-82(43-2,44-3)45-4,71-83(46-5,47-6)48-7)72-84(49-8,50-9)51-10,33-30-36-80(73-85(52-11,53-12)54-13,74-86(55-14,56-15)57-16)75-87(58-17,59-18)60-19)34-31-37-81(76-88(61-20,62-21)63-22,77-89(64-23,65-24)66-25)78-90(67-26,68-27)69-28/h29-38H2,1-28H3,(H,41,42). The van der Waals surface area contributed by atoms with Crippen molar-refractivity contribution in [2.24, 2.45) is 5.41 Å². The van der Waals surface area contributed by atoms with Gasteiger partial charge in [0.2, 0.25) is 5.91 Å². The zero-order chi connectivity index (χ0) is 69.3. The molecule has 0 saturated heterocycles. The molecular formula is C40H105NO37Si12. The third-order valence-corrected chi connectivity index (χ3v) is 50.2. The molecule has 0 saturated carbocycles. The Labute approximate surface area is 545 Å². The van der Waals surface area contributed by atoms with Crippen LogP contribution in [0.5, 0.6) is 0 Å². The van der Waals surface area contributed by atoms with Crippen molar-refractivity contribution in [3.63, 3.8) is 0 Å². The average molecular weight is 1530 g/mol. The molecule has 0 unspecified atom stereocenters. The molecule has 0 rings (SSSR count). The van der Waals surface area contributed by atoms with Gasteiger partial charge in [-0.3, -0.25) is 4.79 Å². The fourth-order valence-electron chi connectivity index (χ4n) is 8.73. The molecule has 0 aromatic heterocycles. The van der Waals surface area contributed by atoms with Gasteiger partial charge in [0, 0.05) is 224 Å². The Morgan fingerprint density at radius 1 is 0.244 bits per heavy atom. The van der Waals surface area contributed by atoms with E-state index < -0.39 is 119 Å². The predicted molar refractivity (Wildman–Crippen MR) is 331 cm³/mol. The average Bonchev–Trinajstić information content (AvgIpc) is 0.876. The van der Waals surface area contributed by atoms with Gasteiger partial charge >= 0.3 is 108 Å². The lowest BCUT2D eigenvalue weighted by molar-refractivity contribution is -0.119. The summed E-state index contributed by atoms with van der Waals surface area (Å²) in [5.74, 6) is -0.412. The van der Waals surface area contributed by atoms with E-state index in [1.54, 1.807) is 0 Å². The van der Waals surface area contributed by atoms with Crippen LogP contribution in [-0.4, -0.2) is 312 Å². The van der Waals surface area contributed by atoms with Crippen molar-refractivity contribution in [2.45, 2.75) is 63.6 Å². The van der Waals surface area contributed by atoms with Crippen LogP contribution in [0.2, 0.25) is 18.1 Å². The molecule has 38 nitrogen and oxygen atoms in total. The lowest BCUT2D eigenvalue weighted by atomic mass is 9.75. The lowest BCUT2D eigenvalue weighted by Gasteiger charge is -2.43. The predicted octanol–water partition coefficient (Wildman–Crippen LogP) is 0.789. The molecule has 90 heavy (non-hydrogen) atoms. The van der Waals surface area contributed by atoms with Crippen LogP contribution in [0.15, 0.2) is 0 Å². The number of hydrogen-bond acceptors (Lipinski definition) is 37. The van der Waals surface area contributed by atoms with Crippen LogP contribution in [0.25, 0.3) is 0 Å². The highest BCUT2D eigenvalue weighted by atomic mass is 28.6. The van der Waals surface area contributed by atoms with Crippen molar-refractivity contribution >= 4 is 114 Å². The Kier molecular flexibility index (Phi) is 42.9. The fourth-order valence-corrected chi connectivity index (χ4v) is 46.3. The van der Waals surface area contributed by atoms with E-state index in [1.807, 2.05) is 0 Å². The van der Waals surface area contributed by atoms with Gasteiger partial charge in [0.25, 0.3) is 0 Å². The third-order valence-electron chi connectivity index (χ3n) is 13.6. The molecule has 0 bridgehead atoms. The zero-order valence-electron chi connectivity index (χ0n) is 57.7. The summed E-state index contributed by atoms with van der Waals surface area (Å²) in [6.07, 6.45) is 0.474. The normalized spacial score (nSPS) is 14.3. The second-order valence-corrected chi connectivity index (χ2v) is 50.9. The highest BCUT2D eigenvalue weighted by Gasteiger charge is 2.70. The van der Waals surface area contributed by atoms with Crippen LogP contribution in [0.1, 0.15) is 45.4 Å². The summed E-state index contributed by atoms with van der Waals surface area (Å²) in [6, 6.07) is -0.610. The molecule has 0 atom stereocenters. The fraction of sp³-hybridized carbons (Fsp3) is 0.975. The van der Waals surface area contributed by atoms with Gasteiger partial charge in [-0.05, 0) is 43.9 Å². The summed E-state index contributed by atoms with van der Waals surface area (Å²) in [7, 11) is -17.5. The first-order valence-electron chi connectivity index (χ1n) is 27.0.